The molecule has 1 rings (SSSR count). The van der Waals surface area contributed by atoms with Crippen molar-refractivity contribution in [3.63, 3.8) is 0 Å². The number of aromatic nitrogens is 2. The minimum absolute atomic E-state index is 0.270. The van der Waals surface area contributed by atoms with Gasteiger partial charge in [0.25, 0.3) is 0 Å². The lowest BCUT2D eigenvalue weighted by molar-refractivity contribution is 0.0431. The number of hydrogen-bond donors (Lipinski definition) is 1. The maximum Gasteiger partial charge on any atom is 0.156 e. The van der Waals surface area contributed by atoms with Gasteiger partial charge in [0.05, 0.1) is 6.10 Å². The number of hydrogen-bond acceptors (Lipinski definition) is 4. The van der Waals surface area contributed by atoms with E-state index in [1.54, 1.807) is 0 Å². The Bertz CT molecular complexity index is 341. The SMILES string of the molecule is CCCC(C)OCc1nc(C)cc(NCC)n1. The van der Waals surface area contributed by atoms with E-state index >= 15 is 0 Å². The first-order chi connectivity index (χ1) is 8.15. The zero-order valence-corrected chi connectivity index (χ0v) is 11.3. The summed E-state index contributed by atoms with van der Waals surface area (Å²) >= 11 is 0. The van der Waals surface area contributed by atoms with Crippen molar-refractivity contribution in [1.82, 2.24) is 9.97 Å². The summed E-state index contributed by atoms with van der Waals surface area (Å²) in [5.41, 5.74) is 0.970. The van der Waals surface area contributed by atoms with Crippen LogP contribution in [-0.4, -0.2) is 22.6 Å². The van der Waals surface area contributed by atoms with E-state index in [4.69, 9.17) is 4.74 Å². The lowest BCUT2D eigenvalue weighted by atomic mass is 10.2. The fourth-order valence-corrected chi connectivity index (χ4v) is 1.67. The molecular weight excluding hydrogens is 214 g/mol. The summed E-state index contributed by atoms with van der Waals surface area (Å²) in [6.07, 6.45) is 2.48. The van der Waals surface area contributed by atoms with Crippen LogP contribution in [0.15, 0.2) is 6.07 Å². The van der Waals surface area contributed by atoms with Crippen LogP contribution in [0, 0.1) is 6.92 Å². The first-order valence-electron chi connectivity index (χ1n) is 6.35. The summed E-state index contributed by atoms with van der Waals surface area (Å²) in [4.78, 5) is 8.78. The van der Waals surface area contributed by atoms with Gasteiger partial charge in [-0.2, -0.15) is 0 Å². The molecule has 1 N–H and O–H groups in total. The number of nitrogens with zero attached hydrogens (tertiary/aromatic N) is 2. The second-order valence-electron chi connectivity index (χ2n) is 4.25. The van der Waals surface area contributed by atoms with Crippen molar-refractivity contribution >= 4 is 5.82 Å². The molecule has 0 aromatic carbocycles. The van der Waals surface area contributed by atoms with Crippen molar-refractivity contribution in [2.75, 3.05) is 11.9 Å². The summed E-state index contributed by atoms with van der Waals surface area (Å²) < 4.78 is 5.70. The van der Waals surface area contributed by atoms with E-state index in [1.165, 1.54) is 0 Å². The Hall–Kier alpha value is -1.16. The first-order valence-corrected chi connectivity index (χ1v) is 6.35. The second kappa shape index (κ2) is 7.22. The molecule has 17 heavy (non-hydrogen) atoms. The highest BCUT2D eigenvalue weighted by atomic mass is 16.5. The van der Waals surface area contributed by atoms with E-state index in [1.807, 2.05) is 13.0 Å². The molecule has 1 heterocycles. The molecule has 0 aliphatic carbocycles. The Morgan fingerprint density at radius 2 is 2.12 bits per heavy atom. The third-order valence-corrected chi connectivity index (χ3v) is 2.45. The molecule has 0 aliphatic heterocycles. The third kappa shape index (κ3) is 5.13. The molecule has 0 spiro atoms. The topological polar surface area (TPSA) is 47.0 Å². The highest BCUT2D eigenvalue weighted by Gasteiger charge is 2.05. The molecule has 96 valence electrons. The molecule has 0 saturated carbocycles. The van der Waals surface area contributed by atoms with Gasteiger partial charge in [-0.1, -0.05) is 13.3 Å². The van der Waals surface area contributed by atoms with Crippen LogP contribution < -0.4 is 5.32 Å². The molecule has 0 radical (unpaired) electrons. The molecule has 0 fully saturated rings. The van der Waals surface area contributed by atoms with Gasteiger partial charge in [-0.15, -0.1) is 0 Å². The monoisotopic (exact) mass is 237 g/mol. The average Bonchev–Trinajstić information content (AvgIpc) is 2.26. The summed E-state index contributed by atoms with van der Waals surface area (Å²) in [5.74, 6) is 1.63. The quantitative estimate of drug-likeness (QED) is 0.792. The molecule has 1 unspecified atom stereocenters. The lowest BCUT2D eigenvalue weighted by Crippen LogP contribution is -2.11. The Balaban J connectivity index is 2.57. The largest absolute Gasteiger partial charge is 0.371 e. The predicted molar refractivity (Wildman–Crippen MR) is 70.1 cm³/mol. The van der Waals surface area contributed by atoms with Gasteiger partial charge in [0, 0.05) is 18.3 Å². The normalized spacial score (nSPS) is 12.5. The molecule has 1 aromatic heterocycles. The van der Waals surface area contributed by atoms with Crippen LogP contribution in [0.4, 0.5) is 5.82 Å². The summed E-state index contributed by atoms with van der Waals surface area (Å²) in [5, 5.41) is 3.19. The molecule has 0 saturated heterocycles. The number of anilines is 1. The standard InChI is InChI=1S/C13H23N3O/c1-5-7-11(4)17-9-13-15-10(3)8-12(16-13)14-6-2/h8,11H,5-7,9H2,1-4H3,(H,14,15,16). The lowest BCUT2D eigenvalue weighted by Gasteiger charge is -2.12. The molecule has 1 atom stereocenters. The van der Waals surface area contributed by atoms with Gasteiger partial charge in [0.2, 0.25) is 0 Å². The minimum Gasteiger partial charge on any atom is -0.371 e. The van der Waals surface area contributed by atoms with Gasteiger partial charge in [-0.25, -0.2) is 9.97 Å². The van der Waals surface area contributed by atoms with Gasteiger partial charge in [0.1, 0.15) is 12.4 Å². The van der Waals surface area contributed by atoms with E-state index in [0.717, 1.165) is 36.7 Å². The van der Waals surface area contributed by atoms with Gasteiger partial charge < -0.3 is 10.1 Å². The number of nitrogens with one attached hydrogen (secondary N) is 1. The average molecular weight is 237 g/mol. The number of aryl methyl sites for hydroxylation is 1. The summed E-state index contributed by atoms with van der Waals surface area (Å²) in [6, 6.07) is 1.95. The second-order valence-corrected chi connectivity index (χ2v) is 4.25. The van der Waals surface area contributed by atoms with E-state index in [9.17, 15) is 0 Å². The van der Waals surface area contributed by atoms with Crippen molar-refractivity contribution in [3.8, 4) is 0 Å². The smallest absolute Gasteiger partial charge is 0.156 e. The van der Waals surface area contributed by atoms with Gasteiger partial charge in [-0.3, -0.25) is 0 Å². The summed E-state index contributed by atoms with van der Waals surface area (Å²) in [6.45, 7) is 9.62. The highest BCUT2D eigenvalue weighted by Crippen LogP contribution is 2.09. The Kier molecular flexibility index (Phi) is 5.91. The number of ether oxygens (including phenoxy) is 1. The van der Waals surface area contributed by atoms with Crippen LogP contribution >= 0.6 is 0 Å². The predicted octanol–water partition coefficient (Wildman–Crippen LogP) is 2.92. The number of rotatable bonds is 7. The van der Waals surface area contributed by atoms with Crippen LogP contribution in [0.3, 0.4) is 0 Å². The zero-order valence-electron chi connectivity index (χ0n) is 11.3. The van der Waals surface area contributed by atoms with Crippen LogP contribution in [-0.2, 0) is 11.3 Å². The Labute approximate surface area is 104 Å². The van der Waals surface area contributed by atoms with Gasteiger partial charge >= 0.3 is 0 Å². The fraction of sp³-hybridized carbons (Fsp3) is 0.692. The van der Waals surface area contributed by atoms with Gasteiger partial charge in [-0.05, 0) is 27.2 Å². The Morgan fingerprint density at radius 1 is 1.35 bits per heavy atom. The van der Waals surface area contributed by atoms with E-state index in [0.29, 0.717) is 6.61 Å². The van der Waals surface area contributed by atoms with Crippen molar-refractivity contribution in [2.24, 2.45) is 0 Å². The van der Waals surface area contributed by atoms with Crippen LogP contribution in [0.2, 0.25) is 0 Å². The molecule has 1 aromatic rings. The molecule has 0 bridgehead atoms. The van der Waals surface area contributed by atoms with Crippen molar-refractivity contribution in [1.29, 1.82) is 0 Å². The summed E-state index contributed by atoms with van der Waals surface area (Å²) in [7, 11) is 0. The maximum atomic E-state index is 5.70. The molecule has 0 amide bonds. The third-order valence-electron chi connectivity index (χ3n) is 2.45. The van der Waals surface area contributed by atoms with E-state index in [2.05, 4.69) is 36.1 Å². The molecule has 4 nitrogen and oxygen atoms in total. The maximum absolute atomic E-state index is 5.70. The van der Waals surface area contributed by atoms with Crippen LogP contribution in [0.25, 0.3) is 0 Å². The van der Waals surface area contributed by atoms with E-state index < -0.39 is 0 Å². The minimum atomic E-state index is 0.270. The highest BCUT2D eigenvalue weighted by molar-refractivity contribution is 5.35. The molecular formula is C13H23N3O. The van der Waals surface area contributed by atoms with Crippen LogP contribution in [0.5, 0.6) is 0 Å². The Morgan fingerprint density at radius 3 is 2.76 bits per heavy atom. The van der Waals surface area contributed by atoms with Crippen LogP contribution in [0.1, 0.15) is 45.1 Å². The molecule has 0 aliphatic rings. The van der Waals surface area contributed by atoms with E-state index in [-0.39, 0.29) is 6.10 Å². The van der Waals surface area contributed by atoms with Crippen molar-refractivity contribution < 1.29 is 4.74 Å². The first kappa shape index (κ1) is 13.9. The van der Waals surface area contributed by atoms with Crippen molar-refractivity contribution in [3.05, 3.63) is 17.6 Å². The molecule has 4 heteroatoms. The fourth-order valence-electron chi connectivity index (χ4n) is 1.67. The van der Waals surface area contributed by atoms with Crippen molar-refractivity contribution in [2.45, 2.75) is 53.2 Å². The van der Waals surface area contributed by atoms with Gasteiger partial charge in [0.15, 0.2) is 5.82 Å². The zero-order chi connectivity index (χ0) is 12.7.